The van der Waals surface area contributed by atoms with Gasteiger partial charge in [0.15, 0.2) is 0 Å². The Morgan fingerprint density at radius 3 is 2.30 bits per heavy atom. The lowest BCUT2D eigenvalue weighted by Gasteiger charge is -2.24. The van der Waals surface area contributed by atoms with Crippen molar-refractivity contribution in [3.05, 3.63) is 59.7 Å². The van der Waals surface area contributed by atoms with Gasteiger partial charge in [-0.25, -0.2) is 0 Å². The number of nitrogens with zero attached hydrogens (tertiary/aromatic N) is 1. The minimum atomic E-state index is 0.0390. The molecule has 0 aromatic heterocycles. The minimum Gasteiger partial charge on any atom is -0.497 e. The molecule has 1 aliphatic heterocycles. The van der Waals surface area contributed by atoms with Crippen LogP contribution in [0, 0.1) is 0 Å². The zero-order valence-corrected chi connectivity index (χ0v) is 14.5. The molecule has 23 heavy (non-hydrogen) atoms. The van der Waals surface area contributed by atoms with E-state index in [9.17, 15) is 4.79 Å². The summed E-state index contributed by atoms with van der Waals surface area (Å²) in [5.74, 6) is 1.98. The number of anilines is 1. The molecule has 1 saturated heterocycles. The van der Waals surface area contributed by atoms with Crippen LogP contribution >= 0.6 is 11.8 Å². The maximum atomic E-state index is 12.4. The van der Waals surface area contributed by atoms with E-state index in [1.807, 2.05) is 29.2 Å². The van der Waals surface area contributed by atoms with Crippen LogP contribution in [0.15, 0.2) is 48.5 Å². The van der Waals surface area contributed by atoms with Crippen molar-refractivity contribution in [3.8, 4) is 5.75 Å². The van der Waals surface area contributed by atoms with Gasteiger partial charge in [0.1, 0.15) is 11.1 Å². The molecule has 2 aromatic rings. The molecule has 2 aromatic carbocycles. The van der Waals surface area contributed by atoms with Crippen molar-refractivity contribution in [1.29, 1.82) is 0 Å². The molecular formula is C19H21NO2S. The molecule has 0 unspecified atom stereocenters. The fraction of sp³-hybridized carbons (Fsp3) is 0.316. The second-order valence-corrected chi connectivity index (χ2v) is 7.02. The molecule has 1 atom stereocenters. The van der Waals surface area contributed by atoms with Gasteiger partial charge in [-0.3, -0.25) is 9.69 Å². The van der Waals surface area contributed by atoms with Gasteiger partial charge in [-0.05, 0) is 41.3 Å². The number of hydrogen-bond donors (Lipinski definition) is 0. The summed E-state index contributed by atoms with van der Waals surface area (Å²) < 4.78 is 5.20. The van der Waals surface area contributed by atoms with Crippen molar-refractivity contribution in [2.24, 2.45) is 0 Å². The van der Waals surface area contributed by atoms with E-state index in [1.54, 1.807) is 18.9 Å². The van der Waals surface area contributed by atoms with E-state index in [0.717, 1.165) is 11.4 Å². The predicted molar refractivity (Wildman–Crippen MR) is 96.2 cm³/mol. The number of thioether (sulfide) groups is 1. The van der Waals surface area contributed by atoms with Crippen LogP contribution in [-0.2, 0) is 4.79 Å². The Hall–Kier alpha value is -1.94. The molecule has 1 amide bonds. The highest BCUT2D eigenvalue weighted by Crippen LogP contribution is 2.42. The van der Waals surface area contributed by atoms with Gasteiger partial charge in [-0.15, -0.1) is 11.8 Å². The quantitative estimate of drug-likeness (QED) is 0.822. The Morgan fingerprint density at radius 1 is 1.09 bits per heavy atom. The Balaban J connectivity index is 1.89. The molecule has 120 valence electrons. The van der Waals surface area contributed by atoms with Gasteiger partial charge in [-0.1, -0.05) is 38.1 Å². The summed E-state index contributed by atoms with van der Waals surface area (Å²) in [6.07, 6.45) is 0. The van der Waals surface area contributed by atoms with E-state index in [0.29, 0.717) is 11.7 Å². The number of amides is 1. The van der Waals surface area contributed by atoms with Crippen molar-refractivity contribution in [2.75, 3.05) is 17.8 Å². The van der Waals surface area contributed by atoms with Crippen LogP contribution < -0.4 is 9.64 Å². The molecule has 3 nitrogen and oxygen atoms in total. The Kier molecular flexibility index (Phi) is 4.62. The molecular weight excluding hydrogens is 306 g/mol. The monoisotopic (exact) mass is 327 g/mol. The second-order valence-electron chi connectivity index (χ2n) is 5.95. The zero-order chi connectivity index (χ0) is 16.4. The molecule has 1 fully saturated rings. The average Bonchev–Trinajstić information content (AvgIpc) is 2.96. The molecule has 4 heteroatoms. The van der Waals surface area contributed by atoms with Crippen LogP contribution in [0.4, 0.5) is 5.69 Å². The van der Waals surface area contributed by atoms with E-state index in [1.165, 1.54) is 11.1 Å². The topological polar surface area (TPSA) is 29.5 Å². The van der Waals surface area contributed by atoms with Crippen LogP contribution in [0.25, 0.3) is 0 Å². The number of carbonyl (C=O) groups excluding carboxylic acids is 1. The normalized spacial score (nSPS) is 17.8. The molecule has 0 saturated carbocycles. The molecule has 0 aliphatic carbocycles. The molecule has 0 radical (unpaired) electrons. The van der Waals surface area contributed by atoms with Gasteiger partial charge in [-0.2, -0.15) is 0 Å². The van der Waals surface area contributed by atoms with Crippen LogP contribution in [0.5, 0.6) is 5.75 Å². The van der Waals surface area contributed by atoms with Gasteiger partial charge >= 0.3 is 0 Å². The van der Waals surface area contributed by atoms with Crippen LogP contribution in [0.2, 0.25) is 0 Å². The first-order chi connectivity index (χ1) is 11.1. The molecule has 0 N–H and O–H groups in total. The largest absolute Gasteiger partial charge is 0.497 e. The summed E-state index contributed by atoms with van der Waals surface area (Å²) in [6, 6.07) is 16.3. The van der Waals surface area contributed by atoms with E-state index >= 15 is 0 Å². The number of carbonyl (C=O) groups is 1. The van der Waals surface area contributed by atoms with Crippen molar-refractivity contribution in [2.45, 2.75) is 25.1 Å². The van der Waals surface area contributed by atoms with E-state index in [-0.39, 0.29) is 11.3 Å². The highest BCUT2D eigenvalue weighted by Gasteiger charge is 2.33. The van der Waals surface area contributed by atoms with Gasteiger partial charge in [0.2, 0.25) is 5.91 Å². The minimum absolute atomic E-state index is 0.0390. The zero-order valence-electron chi connectivity index (χ0n) is 13.7. The highest BCUT2D eigenvalue weighted by molar-refractivity contribution is 8.00. The van der Waals surface area contributed by atoms with Crippen LogP contribution in [0.1, 0.15) is 36.3 Å². The van der Waals surface area contributed by atoms with E-state index < -0.39 is 0 Å². The standard InChI is InChI=1S/C19H21NO2S/c1-13(2)14-4-6-15(7-5-14)19-20(18(21)12-23-19)16-8-10-17(22-3)11-9-16/h4-11,13,19H,12H2,1-3H3/t19-/m0/s1. The molecule has 1 aliphatic rings. The van der Waals surface area contributed by atoms with Crippen LogP contribution in [0.3, 0.4) is 0 Å². The van der Waals surface area contributed by atoms with Crippen molar-refractivity contribution < 1.29 is 9.53 Å². The summed E-state index contributed by atoms with van der Waals surface area (Å²) in [4.78, 5) is 14.2. The first-order valence-electron chi connectivity index (χ1n) is 7.77. The smallest absolute Gasteiger partial charge is 0.238 e. The second kappa shape index (κ2) is 6.67. The third-order valence-electron chi connectivity index (χ3n) is 4.11. The molecule has 0 spiro atoms. The van der Waals surface area contributed by atoms with Gasteiger partial charge in [0.05, 0.1) is 12.9 Å². The van der Waals surface area contributed by atoms with E-state index in [4.69, 9.17) is 4.74 Å². The lowest BCUT2D eigenvalue weighted by Crippen LogP contribution is -2.27. The van der Waals surface area contributed by atoms with Crippen molar-refractivity contribution in [3.63, 3.8) is 0 Å². The molecule has 3 rings (SSSR count). The third kappa shape index (κ3) is 3.22. The van der Waals surface area contributed by atoms with E-state index in [2.05, 4.69) is 38.1 Å². The summed E-state index contributed by atoms with van der Waals surface area (Å²) in [5.41, 5.74) is 3.40. The SMILES string of the molecule is COc1ccc(N2C(=O)CS[C@H]2c2ccc(C(C)C)cc2)cc1. The predicted octanol–water partition coefficient (Wildman–Crippen LogP) is 4.60. The van der Waals surface area contributed by atoms with Gasteiger partial charge < -0.3 is 4.74 Å². The fourth-order valence-electron chi connectivity index (χ4n) is 2.74. The summed E-state index contributed by atoms with van der Waals surface area (Å²) in [5, 5.41) is 0.0390. The lowest BCUT2D eigenvalue weighted by atomic mass is 10.0. The van der Waals surface area contributed by atoms with Crippen LogP contribution in [-0.4, -0.2) is 18.8 Å². The number of ether oxygens (including phenoxy) is 1. The maximum absolute atomic E-state index is 12.4. The Bertz CT molecular complexity index is 680. The lowest BCUT2D eigenvalue weighted by molar-refractivity contribution is -0.115. The maximum Gasteiger partial charge on any atom is 0.238 e. The Morgan fingerprint density at radius 2 is 1.74 bits per heavy atom. The fourth-order valence-corrected chi connectivity index (χ4v) is 3.92. The summed E-state index contributed by atoms with van der Waals surface area (Å²) in [6.45, 7) is 4.37. The Labute approximate surface area is 141 Å². The molecule has 0 bridgehead atoms. The molecule has 1 heterocycles. The van der Waals surface area contributed by atoms with Gasteiger partial charge in [0.25, 0.3) is 0 Å². The number of hydrogen-bond acceptors (Lipinski definition) is 3. The average molecular weight is 327 g/mol. The number of benzene rings is 2. The number of methoxy groups -OCH3 is 1. The first-order valence-corrected chi connectivity index (χ1v) is 8.82. The summed E-state index contributed by atoms with van der Waals surface area (Å²) in [7, 11) is 1.64. The third-order valence-corrected chi connectivity index (χ3v) is 5.32. The summed E-state index contributed by atoms with van der Waals surface area (Å²) >= 11 is 1.68. The number of rotatable bonds is 4. The highest BCUT2D eigenvalue weighted by atomic mass is 32.2. The van der Waals surface area contributed by atoms with Gasteiger partial charge in [0, 0.05) is 5.69 Å². The van der Waals surface area contributed by atoms with Crippen molar-refractivity contribution >= 4 is 23.4 Å². The van der Waals surface area contributed by atoms with Crippen molar-refractivity contribution in [1.82, 2.24) is 0 Å². The first kappa shape index (κ1) is 15.9.